The number of aliphatic hydroxyl groups is 2. The van der Waals surface area contributed by atoms with Gasteiger partial charge in [0.15, 0.2) is 0 Å². The molecule has 96 valence electrons. The normalized spacial score (nSPS) is 32.6. The first kappa shape index (κ1) is 14.0. The third-order valence-electron chi connectivity index (χ3n) is 3.93. The van der Waals surface area contributed by atoms with E-state index < -0.39 is 0 Å². The van der Waals surface area contributed by atoms with Crippen molar-refractivity contribution >= 4 is 0 Å². The van der Waals surface area contributed by atoms with E-state index in [2.05, 4.69) is 27.7 Å². The molecule has 0 spiro atoms. The maximum atomic E-state index is 10.4. The zero-order chi connectivity index (χ0) is 12.3. The third kappa shape index (κ3) is 2.98. The van der Waals surface area contributed by atoms with E-state index in [4.69, 9.17) is 0 Å². The standard InChI is InChI=1S/C14H28O2/c1-10(2)8-13(16)14(9-11(3)4)7-5-6-12(14)15/h10-13,15-16H,5-9H2,1-4H3/t12-,13+,14-/m0/s1. The van der Waals surface area contributed by atoms with Crippen LogP contribution >= 0.6 is 0 Å². The Morgan fingerprint density at radius 2 is 1.81 bits per heavy atom. The van der Waals surface area contributed by atoms with E-state index in [-0.39, 0.29) is 17.6 Å². The van der Waals surface area contributed by atoms with Gasteiger partial charge in [-0.05, 0) is 37.5 Å². The van der Waals surface area contributed by atoms with Crippen molar-refractivity contribution in [1.29, 1.82) is 0 Å². The van der Waals surface area contributed by atoms with Crippen LogP contribution in [0.3, 0.4) is 0 Å². The van der Waals surface area contributed by atoms with Gasteiger partial charge in [-0.1, -0.05) is 34.1 Å². The minimum atomic E-state index is -0.340. The zero-order valence-corrected chi connectivity index (χ0v) is 11.2. The molecule has 0 radical (unpaired) electrons. The molecule has 0 amide bonds. The Hall–Kier alpha value is -0.0800. The molecule has 0 aromatic carbocycles. The highest BCUT2D eigenvalue weighted by atomic mass is 16.3. The molecule has 1 saturated carbocycles. The quantitative estimate of drug-likeness (QED) is 0.759. The van der Waals surface area contributed by atoms with Gasteiger partial charge in [0, 0.05) is 5.41 Å². The molecule has 0 aromatic heterocycles. The van der Waals surface area contributed by atoms with Crippen molar-refractivity contribution in [3.05, 3.63) is 0 Å². The topological polar surface area (TPSA) is 40.5 Å². The molecule has 2 nitrogen and oxygen atoms in total. The molecule has 3 atom stereocenters. The van der Waals surface area contributed by atoms with Gasteiger partial charge < -0.3 is 10.2 Å². The highest BCUT2D eigenvalue weighted by molar-refractivity contribution is 4.97. The Morgan fingerprint density at radius 1 is 1.19 bits per heavy atom. The number of aliphatic hydroxyl groups excluding tert-OH is 2. The van der Waals surface area contributed by atoms with Crippen LogP contribution in [0.2, 0.25) is 0 Å². The van der Waals surface area contributed by atoms with Crippen LogP contribution in [0, 0.1) is 17.3 Å². The minimum Gasteiger partial charge on any atom is -0.392 e. The molecule has 0 aliphatic heterocycles. The van der Waals surface area contributed by atoms with E-state index in [1.54, 1.807) is 0 Å². The van der Waals surface area contributed by atoms with E-state index in [9.17, 15) is 10.2 Å². The molecule has 0 heterocycles. The van der Waals surface area contributed by atoms with Crippen molar-refractivity contribution in [1.82, 2.24) is 0 Å². The van der Waals surface area contributed by atoms with E-state index in [1.165, 1.54) is 0 Å². The monoisotopic (exact) mass is 228 g/mol. The Balaban J connectivity index is 2.77. The van der Waals surface area contributed by atoms with Crippen LogP contribution in [0.5, 0.6) is 0 Å². The zero-order valence-electron chi connectivity index (χ0n) is 11.2. The summed E-state index contributed by atoms with van der Waals surface area (Å²) in [7, 11) is 0. The van der Waals surface area contributed by atoms with Crippen molar-refractivity contribution in [3.8, 4) is 0 Å². The van der Waals surface area contributed by atoms with Crippen LogP contribution < -0.4 is 0 Å². The molecule has 1 fully saturated rings. The second-order valence-electron chi connectivity index (χ2n) is 6.38. The summed E-state index contributed by atoms with van der Waals surface area (Å²) in [6, 6.07) is 0. The second-order valence-corrected chi connectivity index (χ2v) is 6.38. The maximum absolute atomic E-state index is 10.4. The van der Waals surface area contributed by atoms with E-state index in [0.29, 0.717) is 11.8 Å². The fraction of sp³-hybridized carbons (Fsp3) is 1.00. The molecule has 0 unspecified atom stereocenters. The largest absolute Gasteiger partial charge is 0.392 e. The van der Waals surface area contributed by atoms with Crippen LogP contribution in [0.25, 0.3) is 0 Å². The molecule has 1 aliphatic rings. The molecule has 0 aromatic rings. The Bertz CT molecular complexity index is 213. The van der Waals surface area contributed by atoms with Crippen LogP contribution in [-0.2, 0) is 0 Å². The van der Waals surface area contributed by atoms with Crippen molar-refractivity contribution in [2.45, 2.75) is 72.0 Å². The summed E-state index contributed by atoms with van der Waals surface area (Å²) in [6.07, 6.45) is 4.02. The third-order valence-corrected chi connectivity index (χ3v) is 3.93. The number of hydrogen-bond acceptors (Lipinski definition) is 2. The molecule has 2 N–H and O–H groups in total. The molecule has 16 heavy (non-hydrogen) atoms. The maximum Gasteiger partial charge on any atom is 0.0623 e. The molecule has 0 bridgehead atoms. The van der Waals surface area contributed by atoms with Crippen LogP contribution in [0.15, 0.2) is 0 Å². The summed E-state index contributed by atoms with van der Waals surface area (Å²) in [5.74, 6) is 1.03. The lowest BCUT2D eigenvalue weighted by Gasteiger charge is -2.39. The summed E-state index contributed by atoms with van der Waals surface area (Å²) in [5, 5.41) is 20.6. The highest BCUT2D eigenvalue weighted by Crippen LogP contribution is 2.47. The Labute approximate surface area is 100 Å². The summed E-state index contributed by atoms with van der Waals surface area (Å²) in [5.41, 5.74) is -0.224. The average molecular weight is 228 g/mol. The van der Waals surface area contributed by atoms with Crippen LogP contribution in [0.4, 0.5) is 0 Å². The molecule has 0 saturated heterocycles. The first-order valence-electron chi connectivity index (χ1n) is 6.74. The average Bonchev–Trinajstić information content (AvgIpc) is 2.46. The molecule has 1 rings (SSSR count). The lowest BCUT2D eigenvalue weighted by atomic mass is 9.70. The molecular formula is C14H28O2. The smallest absolute Gasteiger partial charge is 0.0623 e. The summed E-state index contributed by atoms with van der Waals surface area (Å²) in [4.78, 5) is 0. The van der Waals surface area contributed by atoms with Crippen LogP contribution in [0.1, 0.15) is 59.8 Å². The Kier molecular flexibility index (Phi) is 4.81. The Morgan fingerprint density at radius 3 is 2.19 bits per heavy atom. The fourth-order valence-electron chi connectivity index (χ4n) is 3.28. The van der Waals surface area contributed by atoms with Crippen molar-refractivity contribution in [3.63, 3.8) is 0 Å². The first-order valence-corrected chi connectivity index (χ1v) is 6.74. The highest BCUT2D eigenvalue weighted by Gasteiger charge is 2.47. The van der Waals surface area contributed by atoms with Gasteiger partial charge in [0.2, 0.25) is 0 Å². The van der Waals surface area contributed by atoms with Crippen LogP contribution in [-0.4, -0.2) is 22.4 Å². The van der Waals surface area contributed by atoms with Gasteiger partial charge in [-0.2, -0.15) is 0 Å². The van der Waals surface area contributed by atoms with Crippen molar-refractivity contribution in [2.75, 3.05) is 0 Å². The summed E-state index contributed by atoms with van der Waals surface area (Å²) < 4.78 is 0. The first-order chi connectivity index (χ1) is 7.38. The predicted molar refractivity (Wildman–Crippen MR) is 67.2 cm³/mol. The number of rotatable bonds is 5. The lowest BCUT2D eigenvalue weighted by Crippen LogP contribution is -2.43. The van der Waals surface area contributed by atoms with Gasteiger partial charge in [-0.25, -0.2) is 0 Å². The second kappa shape index (κ2) is 5.50. The SMILES string of the molecule is CC(C)C[C@@H](O)[C@]1(CC(C)C)CCC[C@@H]1O. The van der Waals surface area contributed by atoms with Crippen molar-refractivity contribution < 1.29 is 10.2 Å². The lowest BCUT2D eigenvalue weighted by molar-refractivity contribution is -0.0713. The van der Waals surface area contributed by atoms with Gasteiger partial charge in [0.25, 0.3) is 0 Å². The van der Waals surface area contributed by atoms with E-state index >= 15 is 0 Å². The van der Waals surface area contributed by atoms with Gasteiger partial charge in [-0.15, -0.1) is 0 Å². The predicted octanol–water partition coefficient (Wildman–Crippen LogP) is 2.97. The van der Waals surface area contributed by atoms with E-state index in [1.807, 2.05) is 0 Å². The number of hydrogen-bond donors (Lipinski definition) is 2. The van der Waals surface area contributed by atoms with Gasteiger partial charge >= 0.3 is 0 Å². The minimum absolute atomic E-state index is 0.224. The summed E-state index contributed by atoms with van der Waals surface area (Å²) >= 11 is 0. The molecular weight excluding hydrogens is 200 g/mol. The van der Waals surface area contributed by atoms with Gasteiger partial charge in [-0.3, -0.25) is 0 Å². The summed E-state index contributed by atoms with van der Waals surface area (Å²) in [6.45, 7) is 8.62. The van der Waals surface area contributed by atoms with Gasteiger partial charge in [0.05, 0.1) is 12.2 Å². The van der Waals surface area contributed by atoms with Gasteiger partial charge in [0.1, 0.15) is 0 Å². The molecule has 1 aliphatic carbocycles. The molecule has 2 heteroatoms. The van der Waals surface area contributed by atoms with Crippen molar-refractivity contribution in [2.24, 2.45) is 17.3 Å². The fourth-order valence-corrected chi connectivity index (χ4v) is 3.28. The van der Waals surface area contributed by atoms with E-state index in [0.717, 1.165) is 32.1 Å².